The minimum atomic E-state index is -0.0783. The molecule has 3 aliphatic rings. The van der Waals surface area contributed by atoms with Crippen LogP contribution in [0.5, 0.6) is 0 Å². The lowest BCUT2D eigenvalue weighted by atomic mass is 9.97. The molecule has 11 nitrogen and oxygen atoms in total. The molecule has 39 heavy (non-hydrogen) atoms. The number of rotatable bonds is 3. The van der Waals surface area contributed by atoms with Gasteiger partial charge in [0, 0.05) is 88.5 Å². The molecule has 0 bridgehead atoms. The molecule has 2 aromatic heterocycles. The van der Waals surface area contributed by atoms with E-state index in [9.17, 15) is 10.1 Å². The number of ether oxygens (including phenoxy) is 1. The monoisotopic (exact) mass is 529 g/mol. The predicted octanol–water partition coefficient (Wildman–Crippen LogP) is 3.18. The number of nitrogens with one attached hydrogen (secondary N) is 1. The molecule has 11 heteroatoms. The van der Waals surface area contributed by atoms with Crippen LogP contribution < -0.4 is 15.1 Å². The van der Waals surface area contributed by atoms with Crippen LogP contribution in [0.25, 0.3) is 11.1 Å². The van der Waals surface area contributed by atoms with E-state index in [0.29, 0.717) is 18.7 Å². The standard InChI is InChI=1S/C28H35N9O2/c1-18-15-36(26-11-19(13-29)22(12-25(26)34(18)4)20-14-31-33(3)16-20)27-23-17-35(28(38)30-2)8-5-24(23)37(32-27)21-6-9-39-10-7-21/h11-12,14,16,18,21H,5-10,15,17H2,1-4H3,(H,30,38)/t18-/m0/s1. The quantitative estimate of drug-likeness (QED) is 0.555. The van der Waals surface area contributed by atoms with Gasteiger partial charge in [-0.05, 0) is 31.9 Å². The van der Waals surface area contributed by atoms with Crippen molar-refractivity contribution >= 4 is 23.2 Å². The summed E-state index contributed by atoms with van der Waals surface area (Å²) in [5, 5.41) is 22.5. The Morgan fingerprint density at radius 1 is 1.21 bits per heavy atom. The summed E-state index contributed by atoms with van der Waals surface area (Å²) in [4.78, 5) is 19.0. The van der Waals surface area contributed by atoms with Crippen molar-refractivity contribution in [3.8, 4) is 17.2 Å². The van der Waals surface area contributed by atoms with Gasteiger partial charge in [-0.1, -0.05) is 0 Å². The zero-order chi connectivity index (χ0) is 27.3. The molecule has 1 aromatic carbocycles. The summed E-state index contributed by atoms with van der Waals surface area (Å²) in [6.07, 6.45) is 6.34. The highest BCUT2D eigenvalue weighted by atomic mass is 16.5. The number of hydrogen-bond acceptors (Lipinski definition) is 7. The van der Waals surface area contributed by atoms with E-state index >= 15 is 0 Å². The molecule has 1 atom stereocenters. The van der Waals surface area contributed by atoms with Gasteiger partial charge in [0.1, 0.15) is 0 Å². The van der Waals surface area contributed by atoms with E-state index in [2.05, 4.69) is 51.0 Å². The molecule has 1 fully saturated rings. The lowest BCUT2D eigenvalue weighted by Crippen LogP contribution is -2.45. The third-order valence-electron chi connectivity index (χ3n) is 8.39. The first-order valence-corrected chi connectivity index (χ1v) is 13.6. The number of fused-ring (bicyclic) bond motifs is 2. The Kier molecular flexibility index (Phi) is 6.43. The fourth-order valence-electron chi connectivity index (χ4n) is 6.10. The highest BCUT2D eigenvalue weighted by Crippen LogP contribution is 2.45. The largest absolute Gasteiger partial charge is 0.381 e. The van der Waals surface area contributed by atoms with E-state index in [1.807, 2.05) is 24.2 Å². The molecule has 1 saturated heterocycles. The zero-order valence-electron chi connectivity index (χ0n) is 23.0. The van der Waals surface area contributed by atoms with E-state index in [0.717, 1.165) is 72.9 Å². The number of urea groups is 1. The van der Waals surface area contributed by atoms with Crippen LogP contribution in [0.4, 0.5) is 22.0 Å². The van der Waals surface area contributed by atoms with Gasteiger partial charge in [-0.3, -0.25) is 9.36 Å². The fourth-order valence-corrected chi connectivity index (χ4v) is 6.10. The molecule has 0 radical (unpaired) electrons. The average molecular weight is 530 g/mol. The summed E-state index contributed by atoms with van der Waals surface area (Å²) in [6, 6.07) is 6.91. The fraction of sp³-hybridized carbons (Fsp3) is 0.500. The number of carbonyl (C=O) groups excluding carboxylic acids is 1. The van der Waals surface area contributed by atoms with Gasteiger partial charge in [-0.25, -0.2) is 4.79 Å². The number of nitrogens with zero attached hydrogens (tertiary/aromatic N) is 8. The Morgan fingerprint density at radius 3 is 2.69 bits per heavy atom. The molecule has 0 saturated carbocycles. The van der Waals surface area contributed by atoms with Gasteiger partial charge in [0.15, 0.2) is 5.82 Å². The smallest absolute Gasteiger partial charge is 0.317 e. The van der Waals surface area contributed by atoms with Crippen molar-refractivity contribution < 1.29 is 9.53 Å². The summed E-state index contributed by atoms with van der Waals surface area (Å²) < 4.78 is 9.61. The van der Waals surface area contributed by atoms with Gasteiger partial charge in [-0.2, -0.15) is 15.5 Å². The number of aryl methyl sites for hydroxylation is 1. The SMILES string of the molecule is CNC(=O)N1CCc2c(c(N3C[C@H](C)N(C)c4cc(-c5cnn(C)c5)c(C#N)cc43)nn2C2CCOCC2)C1. The third kappa shape index (κ3) is 4.29. The normalized spacial score (nSPS) is 19.5. The van der Waals surface area contributed by atoms with Gasteiger partial charge < -0.3 is 24.8 Å². The Morgan fingerprint density at radius 2 is 2.00 bits per heavy atom. The van der Waals surface area contributed by atoms with Crippen molar-refractivity contribution in [3.05, 3.63) is 41.3 Å². The van der Waals surface area contributed by atoms with Crippen molar-refractivity contribution in [1.82, 2.24) is 29.8 Å². The molecule has 204 valence electrons. The highest BCUT2D eigenvalue weighted by molar-refractivity contribution is 5.87. The van der Waals surface area contributed by atoms with Crippen molar-refractivity contribution in [2.24, 2.45) is 7.05 Å². The molecule has 3 aliphatic heterocycles. The van der Waals surface area contributed by atoms with Gasteiger partial charge in [0.25, 0.3) is 0 Å². The minimum absolute atomic E-state index is 0.0783. The van der Waals surface area contributed by atoms with E-state index in [-0.39, 0.29) is 18.1 Å². The number of anilines is 3. The van der Waals surface area contributed by atoms with Crippen molar-refractivity contribution in [2.75, 3.05) is 50.2 Å². The Labute approximate surface area is 228 Å². The van der Waals surface area contributed by atoms with Gasteiger partial charge in [0.05, 0.1) is 41.8 Å². The Balaban J connectivity index is 1.50. The van der Waals surface area contributed by atoms with Crippen LogP contribution in [-0.4, -0.2) is 76.9 Å². The number of aromatic nitrogens is 4. The van der Waals surface area contributed by atoms with Crippen LogP contribution >= 0.6 is 0 Å². The highest BCUT2D eigenvalue weighted by Gasteiger charge is 2.36. The number of hydrogen-bond donors (Lipinski definition) is 1. The van der Waals surface area contributed by atoms with Crippen LogP contribution in [0.15, 0.2) is 24.5 Å². The summed E-state index contributed by atoms with van der Waals surface area (Å²) >= 11 is 0. The van der Waals surface area contributed by atoms with E-state index in [1.54, 1.807) is 17.9 Å². The first-order valence-electron chi connectivity index (χ1n) is 13.6. The summed E-state index contributed by atoms with van der Waals surface area (Å²) in [5.74, 6) is 0.879. The molecule has 0 unspecified atom stereocenters. The second-order valence-electron chi connectivity index (χ2n) is 10.7. The summed E-state index contributed by atoms with van der Waals surface area (Å²) in [6.45, 7) is 5.55. The maximum atomic E-state index is 12.6. The maximum absolute atomic E-state index is 12.6. The van der Waals surface area contributed by atoms with E-state index < -0.39 is 0 Å². The molecule has 5 heterocycles. The van der Waals surface area contributed by atoms with Crippen LogP contribution in [0.1, 0.15) is 42.6 Å². The third-order valence-corrected chi connectivity index (χ3v) is 8.39. The lowest BCUT2D eigenvalue weighted by molar-refractivity contribution is 0.0651. The molecule has 1 N–H and O–H groups in total. The van der Waals surface area contributed by atoms with Crippen LogP contribution in [0.3, 0.4) is 0 Å². The molecule has 0 spiro atoms. The van der Waals surface area contributed by atoms with Crippen molar-refractivity contribution in [3.63, 3.8) is 0 Å². The second-order valence-corrected chi connectivity index (χ2v) is 10.7. The summed E-state index contributed by atoms with van der Waals surface area (Å²) in [7, 11) is 5.65. The Bertz CT molecular complexity index is 1450. The number of amides is 2. The lowest BCUT2D eigenvalue weighted by Gasteiger charge is -2.41. The van der Waals surface area contributed by atoms with E-state index in [1.165, 1.54) is 5.69 Å². The number of likely N-dealkylation sites (N-methyl/N-ethyl adjacent to an activating group) is 1. The predicted molar refractivity (Wildman–Crippen MR) is 148 cm³/mol. The number of nitriles is 1. The van der Waals surface area contributed by atoms with Gasteiger partial charge in [-0.15, -0.1) is 0 Å². The molecular weight excluding hydrogens is 494 g/mol. The number of carbonyl (C=O) groups is 1. The van der Waals surface area contributed by atoms with Crippen LogP contribution in [0, 0.1) is 11.3 Å². The van der Waals surface area contributed by atoms with Gasteiger partial charge in [0.2, 0.25) is 0 Å². The molecule has 0 aliphatic carbocycles. The molecule has 3 aromatic rings. The Hall–Kier alpha value is -4.04. The molecular formula is C28H35N9O2. The zero-order valence-corrected chi connectivity index (χ0v) is 23.0. The van der Waals surface area contributed by atoms with Crippen molar-refractivity contribution in [1.29, 1.82) is 5.26 Å². The van der Waals surface area contributed by atoms with Crippen molar-refractivity contribution in [2.45, 2.75) is 44.8 Å². The van der Waals surface area contributed by atoms with Crippen LogP contribution in [-0.2, 0) is 24.8 Å². The van der Waals surface area contributed by atoms with E-state index in [4.69, 9.17) is 9.84 Å². The average Bonchev–Trinajstić information content (AvgIpc) is 3.57. The molecule has 2 amide bonds. The maximum Gasteiger partial charge on any atom is 0.317 e. The van der Waals surface area contributed by atoms with Crippen LogP contribution in [0.2, 0.25) is 0 Å². The molecule has 6 rings (SSSR count). The first kappa shape index (κ1) is 25.2. The van der Waals surface area contributed by atoms with Gasteiger partial charge >= 0.3 is 6.03 Å². The topological polar surface area (TPSA) is 107 Å². The minimum Gasteiger partial charge on any atom is -0.381 e. The number of benzene rings is 1. The summed E-state index contributed by atoms with van der Waals surface area (Å²) in [5.41, 5.74) is 6.67. The first-order chi connectivity index (χ1) is 18.9. The second kappa shape index (κ2) is 9.93.